The number of hydrogen-bond acceptors (Lipinski definition) is 4. The molecule has 19 heavy (non-hydrogen) atoms. The summed E-state index contributed by atoms with van der Waals surface area (Å²) in [4.78, 5) is 30.1. The molecule has 0 radical (unpaired) electrons. The van der Waals surface area contributed by atoms with Crippen molar-refractivity contribution in [3.8, 4) is 0 Å². The summed E-state index contributed by atoms with van der Waals surface area (Å²) in [5, 5.41) is 5.90. The lowest BCUT2D eigenvalue weighted by Crippen LogP contribution is -2.31. The fourth-order valence-corrected chi connectivity index (χ4v) is 2.04. The highest BCUT2D eigenvalue weighted by Gasteiger charge is 2.14. The minimum Gasteiger partial charge on any atom is -0.356 e. The van der Waals surface area contributed by atoms with Crippen molar-refractivity contribution < 1.29 is 4.79 Å². The van der Waals surface area contributed by atoms with Gasteiger partial charge in [-0.2, -0.15) is 0 Å². The molecule has 0 saturated carbocycles. The number of amides is 1. The minimum absolute atomic E-state index is 0.00913. The van der Waals surface area contributed by atoms with Crippen LogP contribution in [-0.2, 0) is 4.79 Å². The van der Waals surface area contributed by atoms with Gasteiger partial charge in [-0.3, -0.25) is 9.59 Å². The molecule has 1 unspecified atom stereocenters. The van der Waals surface area contributed by atoms with E-state index in [1.807, 2.05) is 20.8 Å². The van der Waals surface area contributed by atoms with Crippen LogP contribution in [-0.4, -0.2) is 29.0 Å². The Morgan fingerprint density at radius 3 is 2.68 bits per heavy atom. The molecule has 1 amide bonds. The highest BCUT2D eigenvalue weighted by Crippen LogP contribution is 2.10. The first-order chi connectivity index (χ1) is 8.95. The van der Waals surface area contributed by atoms with Crippen LogP contribution >= 0.6 is 0 Å². The van der Waals surface area contributed by atoms with Crippen molar-refractivity contribution in [3.05, 3.63) is 27.4 Å². The molecular formula is C13H22N4O2. The number of carbonyl (C=O) groups excluding carboxylic acids is 1. The quantitative estimate of drug-likeness (QED) is 0.702. The first-order valence-electron chi connectivity index (χ1n) is 6.53. The smallest absolute Gasteiger partial charge is 0.255 e. The summed E-state index contributed by atoms with van der Waals surface area (Å²) in [5.74, 6) is 0.621. The third kappa shape index (κ3) is 4.48. The summed E-state index contributed by atoms with van der Waals surface area (Å²) in [6, 6.07) is -0.133. The van der Waals surface area contributed by atoms with E-state index in [-0.39, 0.29) is 17.5 Å². The molecule has 0 bridgehead atoms. The first-order valence-corrected chi connectivity index (χ1v) is 6.53. The fraction of sp³-hybridized carbons (Fsp3) is 0.615. The number of carbonyl (C=O) groups is 1. The maximum absolute atomic E-state index is 11.9. The van der Waals surface area contributed by atoms with Crippen molar-refractivity contribution >= 4 is 5.91 Å². The summed E-state index contributed by atoms with van der Waals surface area (Å²) in [5.41, 5.74) is 1.23. The molecule has 0 aliphatic heterocycles. The van der Waals surface area contributed by atoms with E-state index in [0.29, 0.717) is 30.9 Å². The van der Waals surface area contributed by atoms with Gasteiger partial charge in [0.15, 0.2) is 0 Å². The average molecular weight is 266 g/mol. The molecule has 0 spiro atoms. The van der Waals surface area contributed by atoms with Gasteiger partial charge in [-0.05, 0) is 27.7 Å². The molecule has 0 aliphatic carbocycles. The third-order valence-electron chi connectivity index (χ3n) is 2.87. The lowest BCUT2D eigenvalue weighted by Gasteiger charge is -2.15. The van der Waals surface area contributed by atoms with Crippen molar-refractivity contribution in [2.45, 2.75) is 40.2 Å². The summed E-state index contributed by atoms with van der Waals surface area (Å²) >= 11 is 0. The average Bonchev–Trinajstić information content (AvgIpc) is 2.27. The molecule has 1 atom stereocenters. The number of rotatable bonds is 6. The fourth-order valence-electron chi connectivity index (χ4n) is 2.04. The monoisotopic (exact) mass is 266 g/mol. The molecular weight excluding hydrogens is 244 g/mol. The van der Waals surface area contributed by atoms with E-state index in [1.54, 1.807) is 6.92 Å². The summed E-state index contributed by atoms with van der Waals surface area (Å²) in [6.45, 7) is 8.51. The number of hydrogen-bond donors (Lipinski definition) is 3. The highest BCUT2D eigenvalue weighted by molar-refractivity contribution is 5.75. The standard InChI is InChI=1S/C13H22N4O2/c1-5-14-11(18)6-7-15-8(2)12-9(3)16-10(4)17-13(12)19/h8,15H,5-7H2,1-4H3,(H,14,18)(H,16,17,19). The largest absolute Gasteiger partial charge is 0.356 e. The Balaban J connectivity index is 2.62. The second-order valence-electron chi connectivity index (χ2n) is 4.53. The van der Waals surface area contributed by atoms with Gasteiger partial charge in [-0.1, -0.05) is 0 Å². The van der Waals surface area contributed by atoms with Crippen LogP contribution in [0.5, 0.6) is 0 Å². The Hall–Kier alpha value is -1.69. The van der Waals surface area contributed by atoms with Gasteiger partial charge in [0.1, 0.15) is 5.82 Å². The Labute approximate surface area is 113 Å². The summed E-state index contributed by atoms with van der Waals surface area (Å²) in [6.07, 6.45) is 0.397. The maximum Gasteiger partial charge on any atom is 0.255 e. The second-order valence-corrected chi connectivity index (χ2v) is 4.53. The SMILES string of the molecule is CCNC(=O)CCNC(C)c1c(C)nc(C)[nH]c1=O. The van der Waals surface area contributed by atoms with Crippen LogP contribution in [0.4, 0.5) is 0 Å². The van der Waals surface area contributed by atoms with Gasteiger partial charge in [0, 0.05) is 31.2 Å². The van der Waals surface area contributed by atoms with Crippen molar-refractivity contribution in [1.82, 2.24) is 20.6 Å². The zero-order chi connectivity index (χ0) is 14.4. The van der Waals surface area contributed by atoms with Gasteiger partial charge in [0.05, 0.1) is 5.56 Å². The van der Waals surface area contributed by atoms with Crippen molar-refractivity contribution in [2.75, 3.05) is 13.1 Å². The van der Waals surface area contributed by atoms with E-state index in [2.05, 4.69) is 20.6 Å². The van der Waals surface area contributed by atoms with Crippen LogP contribution in [0, 0.1) is 13.8 Å². The molecule has 0 fully saturated rings. The molecule has 6 heteroatoms. The summed E-state index contributed by atoms with van der Waals surface area (Å²) < 4.78 is 0. The molecule has 6 nitrogen and oxygen atoms in total. The van der Waals surface area contributed by atoms with Gasteiger partial charge in [-0.25, -0.2) is 4.98 Å². The van der Waals surface area contributed by atoms with Crippen LogP contribution in [0.3, 0.4) is 0 Å². The zero-order valence-corrected chi connectivity index (χ0v) is 12.0. The van der Waals surface area contributed by atoms with E-state index in [9.17, 15) is 9.59 Å². The van der Waals surface area contributed by atoms with Gasteiger partial charge in [0.2, 0.25) is 5.91 Å². The lowest BCUT2D eigenvalue weighted by atomic mass is 10.1. The van der Waals surface area contributed by atoms with Crippen molar-refractivity contribution in [1.29, 1.82) is 0 Å². The van der Waals surface area contributed by atoms with Crippen LogP contribution in [0.1, 0.15) is 43.4 Å². The van der Waals surface area contributed by atoms with Crippen LogP contribution in [0.2, 0.25) is 0 Å². The predicted molar refractivity (Wildman–Crippen MR) is 74.1 cm³/mol. The normalized spacial score (nSPS) is 12.2. The molecule has 0 aromatic carbocycles. The van der Waals surface area contributed by atoms with Gasteiger partial charge in [0.25, 0.3) is 5.56 Å². The second kappa shape index (κ2) is 7.04. The Kier molecular flexibility index (Phi) is 5.69. The predicted octanol–water partition coefficient (Wildman–Crippen LogP) is 0.564. The van der Waals surface area contributed by atoms with E-state index in [4.69, 9.17) is 0 Å². The van der Waals surface area contributed by atoms with Crippen LogP contribution in [0.15, 0.2) is 4.79 Å². The third-order valence-corrected chi connectivity index (χ3v) is 2.87. The Bertz CT molecular complexity index is 496. The van der Waals surface area contributed by atoms with E-state index in [1.165, 1.54) is 0 Å². The minimum atomic E-state index is -0.133. The van der Waals surface area contributed by atoms with Gasteiger partial charge in [-0.15, -0.1) is 0 Å². The Morgan fingerprint density at radius 1 is 1.42 bits per heavy atom. The number of nitrogens with zero attached hydrogens (tertiary/aromatic N) is 1. The molecule has 1 aromatic heterocycles. The number of aromatic nitrogens is 2. The Morgan fingerprint density at radius 2 is 2.11 bits per heavy atom. The van der Waals surface area contributed by atoms with Crippen LogP contribution in [0.25, 0.3) is 0 Å². The first kappa shape index (κ1) is 15.4. The summed E-state index contributed by atoms with van der Waals surface area (Å²) in [7, 11) is 0. The zero-order valence-electron chi connectivity index (χ0n) is 12.0. The number of aryl methyl sites for hydroxylation is 2. The molecule has 1 aromatic rings. The molecule has 106 valence electrons. The molecule has 1 rings (SSSR count). The molecule has 1 heterocycles. The maximum atomic E-state index is 11.9. The molecule has 3 N–H and O–H groups in total. The number of aromatic amines is 1. The highest BCUT2D eigenvalue weighted by atomic mass is 16.1. The van der Waals surface area contributed by atoms with Crippen LogP contribution < -0.4 is 16.2 Å². The van der Waals surface area contributed by atoms with Gasteiger partial charge < -0.3 is 15.6 Å². The van der Waals surface area contributed by atoms with E-state index >= 15 is 0 Å². The van der Waals surface area contributed by atoms with Gasteiger partial charge >= 0.3 is 0 Å². The topological polar surface area (TPSA) is 86.9 Å². The van der Waals surface area contributed by atoms with Crippen molar-refractivity contribution in [2.24, 2.45) is 0 Å². The van der Waals surface area contributed by atoms with E-state index in [0.717, 1.165) is 5.69 Å². The van der Waals surface area contributed by atoms with E-state index < -0.39 is 0 Å². The number of nitrogens with one attached hydrogen (secondary N) is 3. The molecule has 0 saturated heterocycles. The lowest BCUT2D eigenvalue weighted by molar-refractivity contribution is -0.120. The van der Waals surface area contributed by atoms with Crippen molar-refractivity contribution in [3.63, 3.8) is 0 Å². The number of H-pyrrole nitrogens is 1. The molecule has 0 aliphatic rings.